The van der Waals surface area contributed by atoms with Crippen LogP contribution in [-0.2, 0) is 0 Å². The van der Waals surface area contributed by atoms with E-state index in [2.05, 4.69) is 56.2 Å². The molecule has 0 spiro atoms. The van der Waals surface area contributed by atoms with Crippen molar-refractivity contribution in [3.05, 3.63) is 29.3 Å². The van der Waals surface area contributed by atoms with Crippen molar-refractivity contribution in [2.75, 3.05) is 25.0 Å². The fourth-order valence-electron chi connectivity index (χ4n) is 2.87. The highest BCUT2D eigenvalue weighted by Crippen LogP contribution is 2.26. The summed E-state index contributed by atoms with van der Waals surface area (Å²) in [5.74, 6) is 0.766. The average Bonchev–Trinajstić information content (AvgIpc) is 2.29. The molecule has 94 valence electrons. The lowest BCUT2D eigenvalue weighted by Gasteiger charge is -2.38. The maximum Gasteiger partial charge on any atom is 0.0437 e. The van der Waals surface area contributed by atoms with E-state index >= 15 is 0 Å². The van der Waals surface area contributed by atoms with E-state index in [4.69, 9.17) is 0 Å². The Hall–Kier alpha value is -1.02. The molecule has 1 aromatic rings. The van der Waals surface area contributed by atoms with Gasteiger partial charge in [0.15, 0.2) is 0 Å². The van der Waals surface area contributed by atoms with Crippen molar-refractivity contribution >= 4 is 5.69 Å². The Kier molecular flexibility index (Phi) is 3.72. The number of nitrogens with zero attached hydrogens (tertiary/aromatic N) is 1. The van der Waals surface area contributed by atoms with Crippen molar-refractivity contribution in [2.45, 2.75) is 33.2 Å². The molecular formula is C15H24N2. The van der Waals surface area contributed by atoms with Crippen molar-refractivity contribution in [3.8, 4) is 0 Å². The van der Waals surface area contributed by atoms with Crippen molar-refractivity contribution in [1.29, 1.82) is 0 Å². The number of hydrogen-bond donors (Lipinski definition) is 1. The van der Waals surface area contributed by atoms with E-state index < -0.39 is 0 Å². The molecule has 2 nitrogen and oxygen atoms in total. The molecule has 17 heavy (non-hydrogen) atoms. The lowest BCUT2D eigenvalue weighted by atomic mass is 9.93. The van der Waals surface area contributed by atoms with Gasteiger partial charge in [-0.1, -0.05) is 24.6 Å². The second kappa shape index (κ2) is 5.09. The van der Waals surface area contributed by atoms with Crippen LogP contribution in [0.5, 0.6) is 0 Å². The normalized spacial score (nSPS) is 24.7. The summed E-state index contributed by atoms with van der Waals surface area (Å²) >= 11 is 0. The van der Waals surface area contributed by atoms with E-state index in [1.54, 1.807) is 0 Å². The number of benzene rings is 1. The van der Waals surface area contributed by atoms with Crippen LogP contribution in [0.15, 0.2) is 18.2 Å². The third-order valence-corrected chi connectivity index (χ3v) is 4.02. The Morgan fingerprint density at radius 3 is 2.71 bits per heavy atom. The molecule has 2 atom stereocenters. The SMILES string of the molecule is Cc1ccc(N(C)C2CNCCC2C)c(C)c1. The minimum Gasteiger partial charge on any atom is -0.370 e. The molecule has 0 amide bonds. The number of piperidine rings is 1. The Morgan fingerprint density at radius 2 is 2.06 bits per heavy atom. The first-order valence-electron chi connectivity index (χ1n) is 6.60. The van der Waals surface area contributed by atoms with Crippen LogP contribution in [0.3, 0.4) is 0 Å². The van der Waals surface area contributed by atoms with Crippen LogP contribution in [0.2, 0.25) is 0 Å². The first-order valence-corrected chi connectivity index (χ1v) is 6.60. The van der Waals surface area contributed by atoms with Crippen LogP contribution in [0.1, 0.15) is 24.5 Å². The van der Waals surface area contributed by atoms with Crippen LogP contribution in [0.25, 0.3) is 0 Å². The third kappa shape index (κ3) is 2.63. The number of hydrogen-bond acceptors (Lipinski definition) is 2. The zero-order chi connectivity index (χ0) is 12.4. The fraction of sp³-hybridized carbons (Fsp3) is 0.600. The lowest BCUT2D eigenvalue weighted by Crippen LogP contribution is -2.49. The molecule has 0 bridgehead atoms. The minimum absolute atomic E-state index is 0.616. The van der Waals surface area contributed by atoms with E-state index in [-0.39, 0.29) is 0 Å². The standard InChI is InChI=1S/C15H24N2/c1-11-5-6-14(13(3)9-11)17(4)15-10-16-8-7-12(15)2/h5-6,9,12,15-16H,7-8,10H2,1-4H3. The largest absolute Gasteiger partial charge is 0.370 e. The minimum atomic E-state index is 0.616. The van der Waals surface area contributed by atoms with Gasteiger partial charge in [0.2, 0.25) is 0 Å². The van der Waals surface area contributed by atoms with Gasteiger partial charge in [-0.15, -0.1) is 0 Å². The van der Waals surface area contributed by atoms with Gasteiger partial charge in [-0.2, -0.15) is 0 Å². The number of rotatable bonds is 2. The maximum atomic E-state index is 3.51. The van der Waals surface area contributed by atoms with Gasteiger partial charge in [0.1, 0.15) is 0 Å². The number of aryl methyl sites for hydroxylation is 2. The first-order chi connectivity index (χ1) is 8.09. The summed E-state index contributed by atoms with van der Waals surface area (Å²) in [7, 11) is 2.23. The highest BCUT2D eigenvalue weighted by molar-refractivity contribution is 5.54. The predicted octanol–water partition coefficient (Wildman–Crippen LogP) is 2.74. The Morgan fingerprint density at radius 1 is 1.29 bits per heavy atom. The van der Waals surface area contributed by atoms with Crippen molar-refractivity contribution < 1.29 is 0 Å². The van der Waals surface area contributed by atoms with Gasteiger partial charge in [-0.25, -0.2) is 0 Å². The Labute approximate surface area is 105 Å². The Bertz CT molecular complexity index is 387. The lowest BCUT2D eigenvalue weighted by molar-refractivity contribution is 0.338. The quantitative estimate of drug-likeness (QED) is 0.843. The second-order valence-corrected chi connectivity index (χ2v) is 5.44. The molecule has 1 aliphatic heterocycles. The third-order valence-electron chi connectivity index (χ3n) is 4.02. The predicted molar refractivity (Wildman–Crippen MR) is 74.8 cm³/mol. The van der Waals surface area contributed by atoms with E-state index in [9.17, 15) is 0 Å². The molecule has 0 aromatic heterocycles. The van der Waals surface area contributed by atoms with Crippen molar-refractivity contribution in [3.63, 3.8) is 0 Å². The van der Waals surface area contributed by atoms with Gasteiger partial charge >= 0.3 is 0 Å². The molecule has 0 aliphatic carbocycles. The Balaban J connectivity index is 2.20. The fourth-order valence-corrected chi connectivity index (χ4v) is 2.87. The molecule has 2 unspecified atom stereocenters. The van der Waals surface area contributed by atoms with Crippen LogP contribution < -0.4 is 10.2 Å². The average molecular weight is 232 g/mol. The molecule has 0 radical (unpaired) electrons. The molecule has 1 aromatic carbocycles. The van der Waals surface area contributed by atoms with Crippen LogP contribution in [0, 0.1) is 19.8 Å². The molecule has 1 N–H and O–H groups in total. The summed E-state index contributed by atoms with van der Waals surface area (Å²) in [6.45, 7) is 9.00. The highest BCUT2D eigenvalue weighted by Gasteiger charge is 2.25. The number of nitrogens with one attached hydrogen (secondary N) is 1. The molecule has 1 heterocycles. The van der Waals surface area contributed by atoms with Crippen LogP contribution in [-0.4, -0.2) is 26.2 Å². The van der Waals surface area contributed by atoms with E-state index in [1.807, 2.05) is 0 Å². The molecule has 1 aliphatic rings. The van der Waals surface area contributed by atoms with Gasteiger partial charge in [0.05, 0.1) is 0 Å². The smallest absolute Gasteiger partial charge is 0.0437 e. The summed E-state index contributed by atoms with van der Waals surface area (Å²) in [4.78, 5) is 2.45. The topological polar surface area (TPSA) is 15.3 Å². The second-order valence-electron chi connectivity index (χ2n) is 5.44. The summed E-state index contributed by atoms with van der Waals surface area (Å²) in [6.07, 6.45) is 1.28. The molecule has 1 fully saturated rings. The maximum absolute atomic E-state index is 3.51. The molecule has 2 rings (SSSR count). The van der Waals surface area contributed by atoms with Crippen molar-refractivity contribution in [2.24, 2.45) is 5.92 Å². The van der Waals surface area contributed by atoms with E-state index in [0.29, 0.717) is 6.04 Å². The summed E-state index contributed by atoms with van der Waals surface area (Å²) < 4.78 is 0. The van der Waals surface area contributed by atoms with Crippen molar-refractivity contribution in [1.82, 2.24) is 5.32 Å². The van der Waals surface area contributed by atoms with Crippen LogP contribution in [0.4, 0.5) is 5.69 Å². The number of likely N-dealkylation sites (N-methyl/N-ethyl adjacent to an activating group) is 1. The van der Waals surface area contributed by atoms with Gasteiger partial charge in [-0.05, 0) is 44.4 Å². The van der Waals surface area contributed by atoms with Gasteiger partial charge in [0.25, 0.3) is 0 Å². The highest BCUT2D eigenvalue weighted by atomic mass is 15.2. The van der Waals surface area contributed by atoms with E-state index in [0.717, 1.165) is 12.5 Å². The first kappa shape index (κ1) is 12.4. The van der Waals surface area contributed by atoms with E-state index in [1.165, 1.54) is 29.8 Å². The van der Waals surface area contributed by atoms with Crippen LogP contribution >= 0.6 is 0 Å². The summed E-state index contributed by atoms with van der Waals surface area (Å²) in [5.41, 5.74) is 4.09. The van der Waals surface area contributed by atoms with Gasteiger partial charge in [-0.3, -0.25) is 0 Å². The summed E-state index contributed by atoms with van der Waals surface area (Å²) in [6, 6.07) is 7.35. The molecule has 0 saturated carbocycles. The van der Waals surface area contributed by atoms with Gasteiger partial charge in [0, 0.05) is 25.3 Å². The summed E-state index contributed by atoms with van der Waals surface area (Å²) in [5, 5.41) is 3.51. The monoisotopic (exact) mass is 232 g/mol. The molecular weight excluding hydrogens is 208 g/mol. The molecule has 1 saturated heterocycles. The van der Waals surface area contributed by atoms with Gasteiger partial charge < -0.3 is 10.2 Å². The number of anilines is 1. The zero-order valence-electron chi connectivity index (χ0n) is 11.5. The zero-order valence-corrected chi connectivity index (χ0v) is 11.5. The molecule has 2 heteroatoms.